The molecule has 98 valence electrons. The first-order valence-corrected chi connectivity index (χ1v) is 8.32. The van der Waals surface area contributed by atoms with Crippen LogP contribution in [0.5, 0.6) is 0 Å². The van der Waals surface area contributed by atoms with Crippen LogP contribution in [0, 0.1) is 0 Å². The Morgan fingerprint density at radius 2 is 1.83 bits per heavy atom. The van der Waals surface area contributed by atoms with Gasteiger partial charge in [-0.05, 0) is 18.2 Å². The van der Waals surface area contributed by atoms with Gasteiger partial charge in [0.05, 0.1) is 11.5 Å². The summed E-state index contributed by atoms with van der Waals surface area (Å²) in [6.07, 6.45) is 0. The number of amides is 1. The zero-order valence-electron chi connectivity index (χ0n) is 9.40. The van der Waals surface area contributed by atoms with Crippen molar-refractivity contribution in [3.05, 3.63) is 33.3 Å². The summed E-state index contributed by atoms with van der Waals surface area (Å²) in [6.45, 7) is 0.483. The third kappa shape index (κ3) is 3.24. The zero-order valence-corrected chi connectivity index (χ0v) is 12.6. The van der Waals surface area contributed by atoms with E-state index < -0.39 is 9.84 Å². The van der Waals surface area contributed by atoms with Crippen LogP contribution in [0.25, 0.3) is 0 Å². The fraction of sp³-hybridized carbons (Fsp3) is 0.364. The van der Waals surface area contributed by atoms with Gasteiger partial charge in [-0.25, -0.2) is 8.42 Å². The highest BCUT2D eigenvalue weighted by molar-refractivity contribution is 9.10. The third-order valence-electron chi connectivity index (χ3n) is 2.74. The van der Waals surface area contributed by atoms with Gasteiger partial charge in [0.25, 0.3) is 5.91 Å². The zero-order chi connectivity index (χ0) is 13.3. The average molecular weight is 353 g/mol. The van der Waals surface area contributed by atoms with Crippen molar-refractivity contribution in [1.82, 2.24) is 4.90 Å². The molecule has 0 atom stereocenters. The minimum Gasteiger partial charge on any atom is -0.337 e. The molecule has 0 spiro atoms. The molecule has 0 saturated carbocycles. The fourth-order valence-electron chi connectivity index (χ4n) is 1.78. The molecule has 0 radical (unpaired) electrons. The predicted octanol–water partition coefficient (Wildman–Crippen LogP) is 1.97. The van der Waals surface area contributed by atoms with Crippen LogP contribution in [0.1, 0.15) is 10.4 Å². The molecule has 0 aromatic heterocycles. The molecule has 1 aromatic carbocycles. The van der Waals surface area contributed by atoms with Crippen LogP contribution in [0.15, 0.2) is 22.7 Å². The molecule has 4 nitrogen and oxygen atoms in total. The Bertz CT molecular complexity index is 554. The molecule has 1 aliphatic rings. The van der Waals surface area contributed by atoms with Crippen LogP contribution >= 0.6 is 27.5 Å². The first kappa shape index (κ1) is 13.8. The highest BCUT2D eigenvalue weighted by Crippen LogP contribution is 2.21. The molecule has 0 unspecified atom stereocenters. The van der Waals surface area contributed by atoms with Crippen LogP contribution < -0.4 is 0 Å². The molecule has 18 heavy (non-hydrogen) atoms. The summed E-state index contributed by atoms with van der Waals surface area (Å²) in [5.74, 6) is -0.130. The number of hydrogen-bond donors (Lipinski definition) is 0. The summed E-state index contributed by atoms with van der Waals surface area (Å²) in [7, 11) is -2.98. The van der Waals surface area contributed by atoms with Crippen molar-refractivity contribution in [1.29, 1.82) is 0 Å². The summed E-state index contributed by atoms with van der Waals surface area (Å²) in [6, 6.07) is 4.95. The molecule has 0 aliphatic carbocycles. The molecule has 1 fully saturated rings. The Labute approximate surface area is 119 Å². The summed E-state index contributed by atoms with van der Waals surface area (Å²) in [4.78, 5) is 13.7. The van der Waals surface area contributed by atoms with E-state index >= 15 is 0 Å². The van der Waals surface area contributed by atoms with Gasteiger partial charge >= 0.3 is 0 Å². The van der Waals surface area contributed by atoms with Crippen molar-refractivity contribution in [2.45, 2.75) is 0 Å². The quantitative estimate of drug-likeness (QED) is 0.776. The van der Waals surface area contributed by atoms with E-state index in [-0.39, 0.29) is 30.5 Å². The number of nitrogens with zero attached hydrogens (tertiary/aromatic N) is 1. The lowest BCUT2D eigenvalue weighted by Gasteiger charge is -2.26. The molecule has 1 saturated heterocycles. The predicted molar refractivity (Wildman–Crippen MR) is 73.7 cm³/mol. The van der Waals surface area contributed by atoms with Gasteiger partial charge in [-0.15, -0.1) is 0 Å². The second-order valence-electron chi connectivity index (χ2n) is 4.10. The molecular weight excluding hydrogens is 342 g/mol. The summed E-state index contributed by atoms with van der Waals surface area (Å²) >= 11 is 9.15. The van der Waals surface area contributed by atoms with Crippen LogP contribution in [0.4, 0.5) is 0 Å². The van der Waals surface area contributed by atoms with Crippen LogP contribution in [-0.4, -0.2) is 43.8 Å². The Morgan fingerprint density at radius 1 is 1.22 bits per heavy atom. The molecule has 7 heteroatoms. The largest absolute Gasteiger partial charge is 0.337 e. The SMILES string of the molecule is O=C(c1cc(Cl)cc(Br)c1)N1CCS(=O)(=O)CC1. The number of rotatable bonds is 1. The van der Waals surface area contributed by atoms with Crippen molar-refractivity contribution in [3.63, 3.8) is 0 Å². The lowest BCUT2D eigenvalue weighted by atomic mass is 10.2. The number of sulfone groups is 1. The van der Waals surface area contributed by atoms with E-state index in [2.05, 4.69) is 15.9 Å². The minimum atomic E-state index is -2.98. The summed E-state index contributed by atoms with van der Waals surface area (Å²) < 4.78 is 23.3. The Morgan fingerprint density at radius 3 is 2.39 bits per heavy atom. The molecule has 0 N–H and O–H groups in total. The monoisotopic (exact) mass is 351 g/mol. The maximum atomic E-state index is 12.2. The number of carbonyl (C=O) groups excluding carboxylic acids is 1. The van der Waals surface area contributed by atoms with Crippen molar-refractivity contribution in [2.75, 3.05) is 24.6 Å². The maximum Gasteiger partial charge on any atom is 0.254 e. The summed E-state index contributed by atoms with van der Waals surface area (Å²) in [5.41, 5.74) is 0.466. The Balaban J connectivity index is 2.17. The van der Waals surface area contributed by atoms with Crippen LogP contribution in [-0.2, 0) is 9.84 Å². The first-order chi connectivity index (χ1) is 8.37. The maximum absolute atomic E-state index is 12.2. The second kappa shape index (κ2) is 5.19. The van der Waals surface area contributed by atoms with Crippen molar-refractivity contribution in [2.24, 2.45) is 0 Å². The van der Waals surface area contributed by atoms with Crippen molar-refractivity contribution in [3.8, 4) is 0 Å². The molecule has 1 heterocycles. The number of benzene rings is 1. The van der Waals surface area contributed by atoms with Gasteiger partial charge in [0, 0.05) is 28.1 Å². The summed E-state index contributed by atoms with van der Waals surface area (Å²) in [5, 5.41) is 0.470. The van der Waals surface area contributed by atoms with Gasteiger partial charge in [0.2, 0.25) is 0 Å². The van der Waals surface area contributed by atoms with E-state index in [0.29, 0.717) is 10.6 Å². The molecular formula is C11H11BrClNO3S. The van der Waals surface area contributed by atoms with Gasteiger partial charge < -0.3 is 4.90 Å². The molecule has 0 bridgehead atoms. The van der Waals surface area contributed by atoms with E-state index in [0.717, 1.165) is 4.47 Å². The average Bonchev–Trinajstić information content (AvgIpc) is 2.27. The standard InChI is InChI=1S/C11H11BrClNO3S/c12-9-5-8(6-10(13)7-9)11(15)14-1-3-18(16,17)4-2-14/h5-7H,1-4H2. The Kier molecular flexibility index (Phi) is 3.99. The smallest absolute Gasteiger partial charge is 0.254 e. The van der Waals surface area contributed by atoms with Gasteiger partial charge in [-0.3, -0.25) is 4.79 Å². The molecule has 1 amide bonds. The van der Waals surface area contributed by atoms with Crippen LogP contribution in [0.3, 0.4) is 0 Å². The fourth-order valence-corrected chi connectivity index (χ4v) is 3.84. The lowest BCUT2D eigenvalue weighted by Crippen LogP contribution is -2.43. The second-order valence-corrected chi connectivity index (χ2v) is 7.76. The third-order valence-corrected chi connectivity index (χ3v) is 5.03. The highest BCUT2D eigenvalue weighted by atomic mass is 79.9. The van der Waals surface area contributed by atoms with Gasteiger partial charge in [-0.2, -0.15) is 0 Å². The Hall–Kier alpha value is -0.590. The van der Waals surface area contributed by atoms with Crippen LogP contribution in [0.2, 0.25) is 5.02 Å². The lowest BCUT2D eigenvalue weighted by molar-refractivity contribution is 0.0770. The first-order valence-electron chi connectivity index (χ1n) is 5.33. The van der Waals surface area contributed by atoms with Gasteiger partial charge in [-0.1, -0.05) is 27.5 Å². The van der Waals surface area contributed by atoms with Crippen molar-refractivity contribution >= 4 is 43.3 Å². The molecule has 1 aromatic rings. The van der Waals surface area contributed by atoms with E-state index in [1.54, 1.807) is 23.1 Å². The normalized spacial score (nSPS) is 18.7. The van der Waals surface area contributed by atoms with E-state index in [9.17, 15) is 13.2 Å². The topological polar surface area (TPSA) is 54.5 Å². The van der Waals surface area contributed by atoms with E-state index in [1.165, 1.54) is 0 Å². The number of hydrogen-bond acceptors (Lipinski definition) is 3. The van der Waals surface area contributed by atoms with Gasteiger partial charge in [0.15, 0.2) is 9.84 Å². The van der Waals surface area contributed by atoms with E-state index in [4.69, 9.17) is 11.6 Å². The molecule has 2 rings (SSSR count). The van der Waals surface area contributed by atoms with Gasteiger partial charge in [0.1, 0.15) is 0 Å². The van der Waals surface area contributed by atoms with E-state index in [1.807, 2.05) is 0 Å². The minimum absolute atomic E-state index is 0.0282. The highest BCUT2D eigenvalue weighted by Gasteiger charge is 2.25. The van der Waals surface area contributed by atoms with Crippen molar-refractivity contribution < 1.29 is 13.2 Å². The number of halogens is 2. The molecule has 1 aliphatic heterocycles. The number of carbonyl (C=O) groups is 1.